The summed E-state index contributed by atoms with van der Waals surface area (Å²) in [4.78, 5) is 12.4. The second-order valence-corrected chi connectivity index (χ2v) is 7.98. The van der Waals surface area contributed by atoms with Crippen LogP contribution in [0.5, 0.6) is 0 Å². The van der Waals surface area contributed by atoms with E-state index in [4.69, 9.17) is 4.74 Å². The van der Waals surface area contributed by atoms with Gasteiger partial charge in [0.15, 0.2) is 0 Å². The number of nitrogens with one attached hydrogen (secondary N) is 2. The van der Waals surface area contributed by atoms with Gasteiger partial charge in [0.25, 0.3) is 5.91 Å². The molecule has 1 amide bonds. The third-order valence-corrected chi connectivity index (χ3v) is 5.15. The molecule has 0 aliphatic rings. The molecule has 0 aliphatic heterocycles. The molecule has 2 N–H and O–H groups in total. The van der Waals surface area contributed by atoms with Crippen LogP contribution in [-0.2, 0) is 27.9 Å². The number of hydrogen-bond acceptors (Lipinski definition) is 4. The Hall–Kier alpha value is -2.22. The van der Waals surface area contributed by atoms with Crippen molar-refractivity contribution in [2.45, 2.75) is 38.0 Å². The smallest absolute Gasteiger partial charge is 0.251 e. The Bertz CT molecular complexity index is 846. The molecule has 0 fully saturated rings. The molecule has 0 saturated heterocycles. The van der Waals surface area contributed by atoms with Crippen LogP contribution in [0, 0.1) is 0 Å². The minimum absolute atomic E-state index is 0.120. The predicted molar refractivity (Wildman–Crippen MR) is 100 cm³/mol. The van der Waals surface area contributed by atoms with E-state index in [1.165, 1.54) is 31.3 Å². The summed E-state index contributed by atoms with van der Waals surface area (Å²) in [7, 11) is -2.16. The third kappa shape index (κ3) is 5.66. The number of sulfonamides is 1. The maximum atomic E-state index is 12.2. The van der Waals surface area contributed by atoms with Gasteiger partial charge in [0.1, 0.15) is 0 Å². The van der Waals surface area contributed by atoms with Crippen molar-refractivity contribution in [1.82, 2.24) is 10.0 Å². The van der Waals surface area contributed by atoms with Gasteiger partial charge in [-0.25, -0.2) is 13.1 Å². The Morgan fingerprint density at radius 1 is 1.08 bits per heavy atom. The lowest BCUT2D eigenvalue weighted by atomic mass is 10.1. The van der Waals surface area contributed by atoms with Crippen molar-refractivity contribution in [3.05, 3.63) is 65.2 Å². The maximum Gasteiger partial charge on any atom is 0.251 e. The Kier molecular flexibility index (Phi) is 6.90. The van der Waals surface area contributed by atoms with Gasteiger partial charge in [0, 0.05) is 12.1 Å². The van der Waals surface area contributed by atoms with E-state index in [2.05, 4.69) is 10.0 Å². The zero-order valence-electron chi connectivity index (χ0n) is 15.2. The van der Waals surface area contributed by atoms with Gasteiger partial charge in [-0.2, -0.15) is 0 Å². The normalized spacial score (nSPS) is 11.5. The van der Waals surface area contributed by atoms with Crippen LogP contribution in [0.2, 0.25) is 0 Å². The molecule has 6 nitrogen and oxygen atoms in total. The maximum absolute atomic E-state index is 12.2. The van der Waals surface area contributed by atoms with Crippen LogP contribution >= 0.6 is 0 Å². The van der Waals surface area contributed by atoms with Crippen LogP contribution < -0.4 is 10.0 Å². The Morgan fingerprint density at radius 2 is 1.73 bits per heavy atom. The molecule has 0 atom stereocenters. The van der Waals surface area contributed by atoms with Gasteiger partial charge < -0.3 is 10.1 Å². The van der Waals surface area contributed by atoms with E-state index >= 15 is 0 Å². The fraction of sp³-hybridized carbons (Fsp3) is 0.316. The summed E-state index contributed by atoms with van der Waals surface area (Å²) < 4.78 is 31.2. The lowest BCUT2D eigenvalue weighted by Gasteiger charge is -2.10. The molecule has 2 aromatic rings. The van der Waals surface area contributed by atoms with Crippen LogP contribution in [0.15, 0.2) is 53.4 Å². The highest BCUT2D eigenvalue weighted by Gasteiger charge is 2.12. The molecule has 140 valence electrons. The molecular weight excluding hydrogens is 352 g/mol. The van der Waals surface area contributed by atoms with Gasteiger partial charge >= 0.3 is 0 Å². The molecule has 2 aromatic carbocycles. The van der Waals surface area contributed by atoms with Gasteiger partial charge in [0.05, 0.1) is 17.6 Å². The first kappa shape index (κ1) is 20.1. The fourth-order valence-corrected chi connectivity index (χ4v) is 3.01. The minimum atomic E-state index is -3.51. The molecule has 0 unspecified atom stereocenters. The number of amides is 1. The third-order valence-electron chi connectivity index (χ3n) is 3.72. The number of carbonyl (C=O) groups is 1. The largest absolute Gasteiger partial charge is 0.374 e. The molecule has 7 heteroatoms. The predicted octanol–water partition coefficient (Wildman–Crippen LogP) is 2.45. The van der Waals surface area contributed by atoms with Crippen LogP contribution in [0.4, 0.5) is 0 Å². The molecule has 0 aromatic heterocycles. The van der Waals surface area contributed by atoms with E-state index in [0.717, 1.165) is 11.1 Å². The van der Waals surface area contributed by atoms with Crippen molar-refractivity contribution >= 4 is 15.9 Å². The van der Waals surface area contributed by atoms with Crippen molar-refractivity contribution in [1.29, 1.82) is 0 Å². The summed E-state index contributed by atoms with van der Waals surface area (Å²) in [5, 5.41) is 2.83. The zero-order chi connectivity index (χ0) is 19.2. The van der Waals surface area contributed by atoms with Gasteiger partial charge in [0.2, 0.25) is 10.0 Å². The van der Waals surface area contributed by atoms with Crippen molar-refractivity contribution < 1.29 is 17.9 Å². The highest BCUT2D eigenvalue weighted by Crippen LogP contribution is 2.11. The second-order valence-electron chi connectivity index (χ2n) is 6.09. The quantitative estimate of drug-likeness (QED) is 0.741. The molecule has 0 aliphatic carbocycles. The Labute approximate surface area is 154 Å². The number of benzene rings is 2. The lowest BCUT2D eigenvalue weighted by Crippen LogP contribution is -2.23. The van der Waals surface area contributed by atoms with E-state index in [0.29, 0.717) is 18.7 Å². The fourth-order valence-electron chi connectivity index (χ4n) is 2.28. The number of rotatable bonds is 8. The molecular formula is C19H24N2O4S. The van der Waals surface area contributed by atoms with Crippen molar-refractivity contribution in [2.75, 3.05) is 7.05 Å². The first-order valence-corrected chi connectivity index (χ1v) is 9.81. The van der Waals surface area contributed by atoms with E-state index < -0.39 is 10.0 Å². The summed E-state index contributed by atoms with van der Waals surface area (Å²) in [5.41, 5.74) is 2.42. The number of hydrogen-bond donors (Lipinski definition) is 2. The molecule has 0 radical (unpaired) electrons. The highest BCUT2D eigenvalue weighted by atomic mass is 32.2. The average molecular weight is 376 g/mol. The lowest BCUT2D eigenvalue weighted by molar-refractivity contribution is 0.0657. The summed E-state index contributed by atoms with van der Waals surface area (Å²) in [6.45, 7) is 4.88. The Morgan fingerprint density at radius 3 is 2.35 bits per heavy atom. The molecule has 2 rings (SSSR count). The first-order chi connectivity index (χ1) is 12.3. The summed E-state index contributed by atoms with van der Waals surface area (Å²) >= 11 is 0. The van der Waals surface area contributed by atoms with Gasteiger partial charge in [-0.1, -0.05) is 24.3 Å². The van der Waals surface area contributed by atoms with Crippen LogP contribution in [-0.4, -0.2) is 27.5 Å². The first-order valence-electron chi connectivity index (χ1n) is 8.33. The summed E-state index contributed by atoms with van der Waals surface area (Å²) in [6, 6.07) is 13.6. The topological polar surface area (TPSA) is 84.5 Å². The number of ether oxygens (including phenoxy) is 1. The molecule has 0 heterocycles. The monoisotopic (exact) mass is 376 g/mol. The van der Waals surface area contributed by atoms with E-state index in [1.54, 1.807) is 0 Å². The van der Waals surface area contributed by atoms with Crippen LogP contribution in [0.1, 0.15) is 35.3 Å². The highest BCUT2D eigenvalue weighted by molar-refractivity contribution is 7.89. The molecule has 0 spiro atoms. The van der Waals surface area contributed by atoms with Crippen molar-refractivity contribution in [2.24, 2.45) is 0 Å². The van der Waals surface area contributed by atoms with Gasteiger partial charge in [-0.05, 0) is 56.3 Å². The van der Waals surface area contributed by atoms with Crippen molar-refractivity contribution in [3.63, 3.8) is 0 Å². The Balaban J connectivity index is 1.97. The van der Waals surface area contributed by atoms with Gasteiger partial charge in [-0.15, -0.1) is 0 Å². The van der Waals surface area contributed by atoms with Gasteiger partial charge in [-0.3, -0.25) is 4.79 Å². The van der Waals surface area contributed by atoms with Crippen LogP contribution in [0.25, 0.3) is 0 Å². The van der Waals surface area contributed by atoms with E-state index in [-0.39, 0.29) is 16.9 Å². The van der Waals surface area contributed by atoms with Crippen molar-refractivity contribution in [3.8, 4) is 0 Å². The van der Waals surface area contributed by atoms with E-state index in [9.17, 15) is 13.2 Å². The molecule has 0 saturated carbocycles. The summed E-state index contributed by atoms with van der Waals surface area (Å²) in [6.07, 6.45) is 0.160. The zero-order valence-corrected chi connectivity index (χ0v) is 16.0. The summed E-state index contributed by atoms with van der Waals surface area (Å²) in [5.74, 6) is -0.262. The SMILES string of the molecule is CNS(=O)(=O)c1ccc(C(=O)NCc2cccc(COC(C)C)c2)cc1. The molecule has 0 bridgehead atoms. The van der Waals surface area contributed by atoms with Crippen LogP contribution in [0.3, 0.4) is 0 Å². The number of carbonyl (C=O) groups excluding carboxylic acids is 1. The molecule has 26 heavy (non-hydrogen) atoms. The van der Waals surface area contributed by atoms with E-state index in [1.807, 2.05) is 38.1 Å². The standard InChI is InChI=1S/C19H24N2O4S/c1-14(2)25-13-16-6-4-5-15(11-16)12-21-19(22)17-7-9-18(10-8-17)26(23,24)20-3/h4-11,14,20H,12-13H2,1-3H3,(H,21,22). The second kappa shape index (κ2) is 8.93. The minimum Gasteiger partial charge on any atom is -0.374 e. The average Bonchev–Trinajstić information content (AvgIpc) is 2.65.